The van der Waals surface area contributed by atoms with E-state index in [1.165, 1.54) is 12.1 Å². The fourth-order valence-electron chi connectivity index (χ4n) is 3.48. The normalized spacial score (nSPS) is 16.9. The third-order valence-electron chi connectivity index (χ3n) is 5.15. The van der Waals surface area contributed by atoms with Crippen molar-refractivity contribution in [3.63, 3.8) is 0 Å². The number of sulfonamides is 1. The van der Waals surface area contributed by atoms with E-state index in [1.54, 1.807) is 30.3 Å². The lowest BCUT2D eigenvalue weighted by Crippen LogP contribution is -2.19. The third-order valence-corrected chi connectivity index (χ3v) is 6.08. The number of phenols is 1. The number of rotatable bonds is 4. The molecule has 0 radical (unpaired) electrons. The number of aromatic nitrogens is 2. The zero-order chi connectivity index (χ0) is 20.8. The summed E-state index contributed by atoms with van der Waals surface area (Å²) in [6.45, 7) is 2.00. The van der Waals surface area contributed by atoms with E-state index in [2.05, 4.69) is 5.10 Å². The van der Waals surface area contributed by atoms with E-state index in [0.717, 1.165) is 28.2 Å². The molecule has 0 saturated heterocycles. The van der Waals surface area contributed by atoms with Crippen LogP contribution in [-0.4, -0.2) is 29.0 Å². The Balaban J connectivity index is 1.78. The molecule has 150 valence electrons. The van der Waals surface area contributed by atoms with Gasteiger partial charge in [-0.1, -0.05) is 12.1 Å². The summed E-state index contributed by atoms with van der Waals surface area (Å²) in [5, 5.41) is 26.1. The molecule has 0 spiro atoms. The van der Waals surface area contributed by atoms with Gasteiger partial charge in [0.05, 0.1) is 28.5 Å². The fraction of sp³-hybridized carbons (Fsp3) is 0.200. The molecule has 9 heteroatoms. The number of nitrogens with two attached hydrogens (primary N) is 1. The van der Waals surface area contributed by atoms with Crippen LogP contribution in [0, 0.1) is 6.92 Å². The number of hydrogen-bond acceptors (Lipinski definition) is 6. The highest BCUT2D eigenvalue weighted by Crippen LogP contribution is 2.38. The number of hydrogen-bond donors (Lipinski definition) is 2. The minimum absolute atomic E-state index is 0.0479. The lowest BCUT2D eigenvalue weighted by atomic mass is 9.98. The molecule has 2 aromatic carbocycles. The second-order valence-corrected chi connectivity index (χ2v) is 8.57. The average Bonchev–Trinajstić information content (AvgIpc) is 3.25. The highest BCUT2D eigenvalue weighted by molar-refractivity contribution is 7.89. The first-order valence-electron chi connectivity index (χ1n) is 9.01. The van der Waals surface area contributed by atoms with Crippen LogP contribution in [0.1, 0.15) is 29.3 Å². The van der Waals surface area contributed by atoms with Crippen molar-refractivity contribution in [3.05, 3.63) is 71.5 Å². The highest BCUT2D eigenvalue weighted by Gasteiger charge is 2.32. The molecular formula is C20H21N5O3S. The second-order valence-electron chi connectivity index (χ2n) is 7.01. The van der Waals surface area contributed by atoms with Crippen molar-refractivity contribution in [1.82, 2.24) is 9.78 Å². The minimum atomic E-state index is -3.77. The molecule has 0 amide bonds. The summed E-state index contributed by atoms with van der Waals surface area (Å²) in [4.78, 5) is 0.0479. The molecule has 4 rings (SSSR count). The molecule has 3 N–H and O–H groups in total. The molecule has 1 atom stereocenters. The van der Waals surface area contributed by atoms with Gasteiger partial charge >= 0.3 is 0 Å². The predicted octanol–water partition coefficient (Wildman–Crippen LogP) is 2.44. The van der Waals surface area contributed by atoms with Gasteiger partial charge < -0.3 is 5.11 Å². The van der Waals surface area contributed by atoms with Gasteiger partial charge in [0.2, 0.25) is 10.0 Å². The Bertz CT molecular complexity index is 1200. The summed E-state index contributed by atoms with van der Waals surface area (Å²) >= 11 is 0. The lowest BCUT2D eigenvalue weighted by Gasteiger charge is -2.23. The standard InChI is InChI=1S/C20H21N5O3S/c1-13-18(12-22-24(13)2)20-11-19(14-4-3-5-16(26)10-14)23-25(20)15-6-8-17(9-7-15)29(21,27)28/h3-10,12,20,26H,11H2,1-2H3,(H2,21,27,28). The van der Waals surface area contributed by atoms with Crippen LogP contribution in [0.5, 0.6) is 5.75 Å². The maximum absolute atomic E-state index is 11.6. The number of aryl methyl sites for hydroxylation is 1. The largest absolute Gasteiger partial charge is 0.508 e. The summed E-state index contributed by atoms with van der Waals surface area (Å²) in [7, 11) is -1.88. The number of primary sulfonamides is 1. The van der Waals surface area contributed by atoms with Crippen molar-refractivity contribution in [1.29, 1.82) is 0 Å². The Hall–Kier alpha value is -3.17. The van der Waals surface area contributed by atoms with Crippen molar-refractivity contribution in [2.75, 3.05) is 5.01 Å². The summed E-state index contributed by atoms with van der Waals surface area (Å²) in [5.41, 5.74) is 4.45. The summed E-state index contributed by atoms with van der Waals surface area (Å²) in [5.74, 6) is 0.176. The number of nitrogens with zero attached hydrogens (tertiary/aromatic N) is 4. The summed E-state index contributed by atoms with van der Waals surface area (Å²) in [6.07, 6.45) is 2.44. The van der Waals surface area contributed by atoms with Gasteiger partial charge in [-0.05, 0) is 43.3 Å². The van der Waals surface area contributed by atoms with Crippen LogP contribution in [0.4, 0.5) is 5.69 Å². The van der Waals surface area contributed by atoms with Crippen molar-refractivity contribution < 1.29 is 13.5 Å². The first-order valence-corrected chi connectivity index (χ1v) is 10.6. The summed E-state index contributed by atoms with van der Waals surface area (Å²) in [6, 6.07) is 13.2. The Labute approximate surface area is 168 Å². The van der Waals surface area contributed by atoms with Crippen LogP contribution in [0.15, 0.2) is 64.7 Å². The zero-order valence-corrected chi connectivity index (χ0v) is 16.8. The first kappa shape index (κ1) is 19.2. The van der Waals surface area contributed by atoms with Crippen LogP contribution in [-0.2, 0) is 17.1 Å². The smallest absolute Gasteiger partial charge is 0.238 e. The maximum atomic E-state index is 11.6. The molecule has 8 nitrogen and oxygen atoms in total. The molecule has 1 aliphatic heterocycles. The molecule has 2 heterocycles. The van der Waals surface area contributed by atoms with E-state index in [4.69, 9.17) is 10.2 Å². The number of phenolic OH excluding ortho intramolecular Hbond substituents is 1. The van der Waals surface area contributed by atoms with E-state index in [-0.39, 0.29) is 16.7 Å². The van der Waals surface area contributed by atoms with E-state index < -0.39 is 10.0 Å². The second kappa shape index (κ2) is 7.02. The Morgan fingerprint density at radius 1 is 1.17 bits per heavy atom. The monoisotopic (exact) mass is 411 g/mol. The van der Waals surface area contributed by atoms with Crippen molar-refractivity contribution in [2.24, 2.45) is 17.3 Å². The van der Waals surface area contributed by atoms with Gasteiger partial charge in [-0.2, -0.15) is 10.2 Å². The molecule has 0 fully saturated rings. The van der Waals surface area contributed by atoms with Crippen LogP contribution in [0.25, 0.3) is 0 Å². The Morgan fingerprint density at radius 2 is 1.90 bits per heavy atom. The van der Waals surface area contributed by atoms with Gasteiger partial charge in [0, 0.05) is 30.3 Å². The van der Waals surface area contributed by atoms with E-state index in [0.29, 0.717) is 6.42 Å². The van der Waals surface area contributed by atoms with Crippen molar-refractivity contribution >= 4 is 21.4 Å². The van der Waals surface area contributed by atoms with E-state index in [9.17, 15) is 13.5 Å². The molecule has 29 heavy (non-hydrogen) atoms. The maximum Gasteiger partial charge on any atom is 0.238 e. The third kappa shape index (κ3) is 3.62. The van der Waals surface area contributed by atoms with Gasteiger partial charge in [-0.25, -0.2) is 13.6 Å². The van der Waals surface area contributed by atoms with Gasteiger partial charge in [-0.3, -0.25) is 9.69 Å². The van der Waals surface area contributed by atoms with Crippen LogP contribution in [0.3, 0.4) is 0 Å². The molecule has 3 aromatic rings. The molecular weight excluding hydrogens is 390 g/mol. The fourth-order valence-corrected chi connectivity index (χ4v) is 4.00. The average molecular weight is 411 g/mol. The number of aromatic hydroxyl groups is 1. The number of benzene rings is 2. The Morgan fingerprint density at radius 3 is 2.48 bits per heavy atom. The van der Waals surface area contributed by atoms with E-state index >= 15 is 0 Å². The molecule has 1 unspecified atom stereocenters. The van der Waals surface area contributed by atoms with Gasteiger partial charge in [0.25, 0.3) is 0 Å². The van der Waals surface area contributed by atoms with Gasteiger partial charge in [-0.15, -0.1) is 0 Å². The SMILES string of the molecule is Cc1c(C2CC(c3cccc(O)c3)=NN2c2ccc(S(N)(=O)=O)cc2)cnn1C. The molecule has 0 saturated carbocycles. The molecule has 1 aliphatic rings. The molecule has 0 aliphatic carbocycles. The summed E-state index contributed by atoms with van der Waals surface area (Å²) < 4.78 is 24.9. The first-order chi connectivity index (χ1) is 13.7. The Kier molecular flexibility index (Phi) is 4.64. The molecule has 0 bridgehead atoms. The topological polar surface area (TPSA) is 114 Å². The van der Waals surface area contributed by atoms with Crippen LogP contribution < -0.4 is 10.1 Å². The predicted molar refractivity (Wildman–Crippen MR) is 110 cm³/mol. The lowest BCUT2D eigenvalue weighted by molar-refractivity contribution is 0.475. The minimum Gasteiger partial charge on any atom is -0.508 e. The van der Waals surface area contributed by atoms with Crippen LogP contribution in [0.2, 0.25) is 0 Å². The van der Waals surface area contributed by atoms with Gasteiger partial charge in [0.15, 0.2) is 0 Å². The van der Waals surface area contributed by atoms with E-state index in [1.807, 2.05) is 35.9 Å². The number of anilines is 1. The van der Waals surface area contributed by atoms with Gasteiger partial charge in [0.1, 0.15) is 5.75 Å². The van der Waals surface area contributed by atoms with Crippen LogP contribution >= 0.6 is 0 Å². The molecule has 1 aromatic heterocycles. The quantitative estimate of drug-likeness (QED) is 0.684. The van der Waals surface area contributed by atoms with Crippen molar-refractivity contribution in [3.8, 4) is 5.75 Å². The zero-order valence-electron chi connectivity index (χ0n) is 16.0. The number of hydrazone groups is 1. The van der Waals surface area contributed by atoms with Crippen molar-refractivity contribution in [2.45, 2.75) is 24.3 Å². The highest BCUT2D eigenvalue weighted by atomic mass is 32.2.